The first kappa shape index (κ1) is 42.3. The largest absolute Gasteiger partial charge is 0.370 e. The van der Waals surface area contributed by atoms with Crippen LogP contribution in [0, 0.1) is 5.92 Å². The maximum Gasteiger partial charge on any atom is 0.243 e. The van der Waals surface area contributed by atoms with Crippen molar-refractivity contribution in [1.29, 1.82) is 0 Å². The Kier molecular flexibility index (Phi) is 23.1. The van der Waals surface area contributed by atoms with Crippen LogP contribution >= 0.6 is 0 Å². The lowest BCUT2D eigenvalue weighted by Gasteiger charge is -2.24. The van der Waals surface area contributed by atoms with Gasteiger partial charge in [-0.3, -0.25) is 29.0 Å². The number of aromatic amines is 1. The zero-order chi connectivity index (χ0) is 35.6. The van der Waals surface area contributed by atoms with Crippen LogP contribution in [0.15, 0.2) is 17.5 Å². The number of carbonyl (C=O) groups excluding carboxylic acids is 5. The van der Waals surface area contributed by atoms with Crippen LogP contribution in [-0.4, -0.2) is 63.8 Å². The number of nitrogens with two attached hydrogens (primary N) is 3. The second-order valence-corrected chi connectivity index (χ2v) is 12.9. The Hall–Kier alpha value is -3.77. The molecular formula is C35H62N8O5. The third-order valence-corrected chi connectivity index (χ3v) is 8.55. The monoisotopic (exact) mass is 674 g/mol. The second-order valence-electron chi connectivity index (χ2n) is 12.9. The number of primary amides is 1. The normalized spacial score (nSPS) is 12.9. The van der Waals surface area contributed by atoms with Gasteiger partial charge in [-0.15, -0.1) is 0 Å². The van der Waals surface area contributed by atoms with Crippen LogP contribution in [0.4, 0.5) is 0 Å². The number of unbranched alkanes of at least 4 members (excludes halogenated alkanes) is 12. The quantitative estimate of drug-likeness (QED) is 0.0397. The predicted octanol–water partition coefficient (Wildman–Crippen LogP) is 3.89. The molecule has 0 aliphatic carbocycles. The highest BCUT2D eigenvalue weighted by molar-refractivity contribution is 5.94. The zero-order valence-electron chi connectivity index (χ0n) is 29.4. The minimum Gasteiger partial charge on any atom is -0.370 e. The lowest BCUT2D eigenvalue weighted by atomic mass is 9.90. The van der Waals surface area contributed by atoms with E-state index in [0.29, 0.717) is 18.5 Å². The van der Waals surface area contributed by atoms with Gasteiger partial charge in [0, 0.05) is 50.0 Å². The van der Waals surface area contributed by atoms with E-state index in [1.54, 1.807) is 6.20 Å². The van der Waals surface area contributed by atoms with E-state index in [2.05, 4.69) is 32.5 Å². The highest BCUT2D eigenvalue weighted by Crippen LogP contribution is 2.17. The molecule has 3 atom stereocenters. The zero-order valence-corrected chi connectivity index (χ0v) is 29.4. The Morgan fingerprint density at radius 2 is 1.40 bits per heavy atom. The van der Waals surface area contributed by atoms with Crippen LogP contribution in [0.1, 0.15) is 142 Å². The Morgan fingerprint density at radius 1 is 0.792 bits per heavy atom. The number of rotatable bonds is 30. The molecule has 272 valence electrons. The summed E-state index contributed by atoms with van der Waals surface area (Å²) in [5.41, 5.74) is 16.7. The maximum atomic E-state index is 13.6. The number of aliphatic imine (C=N–C) groups is 1. The molecule has 0 bridgehead atoms. The summed E-state index contributed by atoms with van der Waals surface area (Å²) in [7, 11) is 0. The highest BCUT2D eigenvalue weighted by Gasteiger charge is 2.29. The summed E-state index contributed by atoms with van der Waals surface area (Å²) in [5.74, 6) is -2.73. The molecule has 0 aromatic carbocycles. The predicted molar refractivity (Wildman–Crippen MR) is 189 cm³/mol. The molecule has 0 saturated heterocycles. The molecule has 1 aromatic heterocycles. The van der Waals surface area contributed by atoms with Crippen LogP contribution in [0.5, 0.6) is 0 Å². The summed E-state index contributed by atoms with van der Waals surface area (Å²) in [5, 5.41) is 5.64. The molecule has 0 aliphatic heterocycles. The smallest absolute Gasteiger partial charge is 0.243 e. The van der Waals surface area contributed by atoms with E-state index < -0.39 is 29.8 Å². The molecule has 1 rings (SSSR count). The maximum absolute atomic E-state index is 13.6. The SMILES string of the molecule is CCCCCCCCCCCCCCCC(=O)N[C@@H](Cc1cnc[nH]1)C(=O)N[C@@H](CCCN=C(N)N)C(=O)C[C@@H](CCC(N)=O)C(C)=O. The number of nitrogens with one attached hydrogen (secondary N) is 3. The first-order chi connectivity index (χ1) is 23.0. The van der Waals surface area contributed by atoms with Gasteiger partial charge < -0.3 is 32.8 Å². The minimum absolute atomic E-state index is 0.0312. The van der Waals surface area contributed by atoms with E-state index in [0.717, 1.165) is 25.7 Å². The van der Waals surface area contributed by atoms with Crippen molar-refractivity contribution in [2.45, 2.75) is 154 Å². The average molecular weight is 675 g/mol. The molecule has 9 N–H and O–H groups in total. The first-order valence-corrected chi connectivity index (χ1v) is 18.0. The van der Waals surface area contributed by atoms with Gasteiger partial charge in [-0.1, -0.05) is 84.0 Å². The van der Waals surface area contributed by atoms with Gasteiger partial charge >= 0.3 is 0 Å². The summed E-state index contributed by atoms with van der Waals surface area (Å²) < 4.78 is 0. The van der Waals surface area contributed by atoms with Gasteiger partial charge in [0.25, 0.3) is 0 Å². The number of ketones is 2. The van der Waals surface area contributed by atoms with Crippen LogP contribution in [-0.2, 0) is 30.4 Å². The molecule has 13 nitrogen and oxygen atoms in total. The number of Topliss-reactive ketones (excluding diaryl/α,β-unsaturated/α-hetero) is 2. The molecule has 3 amide bonds. The van der Waals surface area contributed by atoms with Gasteiger partial charge in [0.1, 0.15) is 11.8 Å². The number of H-pyrrole nitrogens is 1. The van der Waals surface area contributed by atoms with E-state index in [1.165, 1.54) is 71.0 Å². The average Bonchev–Trinajstić information content (AvgIpc) is 3.55. The Morgan fingerprint density at radius 3 is 1.92 bits per heavy atom. The van der Waals surface area contributed by atoms with Crippen molar-refractivity contribution in [1.82, 2.24) is 20.6 Å². The van der Waals surface area contributed by atoms with Crippen LogP contribution in [0.2, 0.25) is 0 Å². The van der Waals surface area contributed by atoms with Crippen LogP contribution < -0.4 is 27.8 Å². The molecule has 0 unspecified atom stereocenters. The summed E-state index contributed by atoms with van der Waals surface area (Å²) in [6, 6.07) is -1.91. The molecule has 0 spiro atoms. The second kappa shape index (κ2) is 26.2. The fourth-order valence-electron chi connectivity index (χ4n) is 5.64. The lowest BCUT2D eigenvalue weighted by Crippen LogP contribution is -2.52. The van der Waals surface area contributed by atoms with Crippen LogP contribution in [0.3, 0.4) is 0 Å². The molecule has 1 aromatic rings. The van der Waals surface area contributed by atoms with Crippen molar-refractivity contribution in [3.05, 3.63) is 18.2 Å². The van der Waals surface area contributed by atoms with E-state index >= 15 is 0 Å². The fraction of sp³-hybridized carbons (Fsp3) is 0.743. The third kappa shape index (κ3) is 21.2. The van der Waals surface area contributed by atoms with Gasteiger partial charge in [-0.2, -0.15) is 0 Å². The number of guanidine groups is 1. The van der Waals surface area contributed by atoms with Crippen molar-refractivity contribution < 1.29 is 24.0 Å². The van der Waals surface area contributed by atoms with Gasteiger partial charge in [0.2, 0.25) is 17.7 Å². The molecule has 0 fully saturated rings. The molecule has 0 saturated carbocycles. The number of amides is 3. The highest BCUT2D eigenvalue weighted by atomic mass is 16.2. The molecule has 48 heavy (non-hydrogen) atoms. The first-order valence-electron chi connectivity index (χ1n) is 18.0. The molecule has 13 heteroatoms. The summed E-state index contributed by atoms with van der Waals surface area (Å²) in [4.78, 5) is 74.3. The summed E-state index contributed by atoms with van der Waals surface area (Å²) in [6.07, 6.45) is 19.7. The standard InChI is InChI=1S/C35H62N8O5/c1-3-4-5-6-7-8-9-10-11-12-13-14-15-18-33(47)42-30(23-28-24-39-25-41-28)34(48)43-29(17-16-21-40-35(37)38)31(45)22-27(26(2)44)19-20-32(36)46/h24-25,27,29-30H,3-23H2,1-2H3,(H2,36,46)(H,39,41)(H,42,47)(H,43,48)(H4,37,38,40)/t27-,29+,30+/m1/s1. The summed E-state index contributed by atoms with van der Waals surface area (Å²) >= 11 is 0. The van der Waals surface area contributed by atoms with Gasteiger partial charge in [-0.25, -0.2) is 4.98 Å². The van der Waals surface area contributed by atoms with Crippen molar-refractivity contribution in [3.8, 4) is 0 Å². The van der Waals surface area contributed by atoms with Crippen LogP contribution in [0.25, 0.3) is 0 Å². The summed E-state index contributed by atoms with van der Waals surface area (Å²) in [6.45, 7) is 3.84. The molecule has 1 heterocycles. The number of hydrogen-bond acceptors (Lipinski definition) is 7. The van der Waals surface area contributed by atoms with E-state index in [4.69, 9.17) is 17.2 Å². The topological polar surface area (TPSA) is 229 Å². The Labute approximate surface area is 286 Å². The molecular weight excluding hydrogens is 612 g/mol. The Balaban J connectivity index is 2.72. The van der Waals surface area contributed by atoms with Crippen molar-refractivity contribution in [3.63, 3.8) is 0 Å². The van der Waals surface area contributed by atoms with E-state index in [9.17, 15) is 24.0 Å². The van der Waals surface area contributed by atoms with E-state index in [1.807, 2.05) is 0 Å². The Bertz CT molecular complexity index is 1100. The fourth-order valence-corrected chi connectivity index (χ4v) is 5.64. The van der Waals surface area contributed by atoms with Crippen molar-refractivity contribution in [2.75, 3.05) is 6.54 Å². The van der Waals surface area contributed by atoms with E-state index in [-0.39, 0.29) is 62.1 Å². The number of imidazole rings is 1. The number of aromatic nitrogens is 2. The van der Waals surface area contributed by atoms with Gasteiger partial charge in [0.15, 0.2) is 11.7 Å². The van der Waals surface area contributed by atoms with Crippen molar-refractivity contribution in [2.24, 2.45) is 28.1 Å². The minimum atomic E-state index is -0.954. The lowest BCUT2D eigenvalue weighted by molar-refractivity contribution is -0.133. The number of carbonyl (C=O) groups is 5. The molecule has 0 radical (unpaired) electrons. The van der Waals surface area contributed by atoms with Crippen molar-refractivity contribution >= 4 is 35.2 Å². The molecule has 0 aliphatic rings. The number of nitrogens with zero attached hydrogens (tertiary/aromatic N) is 2. The number of hydrogen-bond donors (Lipinski definition) is 6. The third-order valence-electron chi connectivity index (χ3n) is 8.55. The van der Waals surface area contributed by atoms with Gasteiger partial charge in [-0.05, 0) is 32.6 Å². The van der Waals surface area contributed by atoms with Gasteiger partial charge in [0.05, 0.1) is 12.4 Å².